The number of benzene rings is 1. The molecule has 0 radical (unpaired) electrons. The average molecular weight is 389 g/mol. The molecule has 10 heteroatoms. The Labute approximate surface area is 157 Å². The molecule has 1 aliphatic rings. The first-order valence-electron chi connectivity index (χ1n) is 7.71. The fourth-order valence-electron chi connectivity index (χ4n) is 2.32. The van der Waals surface area contributed by atoms with Gasteiger partial charge in [-0.2, -0.15) is 4.98 Å². The predicted octanol–water partition coefficient (Wildman–Crippen LogP) is 2.61. The molecule has 2 aromatic heterocycles. The summed E-state index contributed by atoms with van der Waals surface area (Å²) >= 11 is 2.87. The maximum absolute atomic E-state index is 12.3. The van der Waals surface area contributed by atoms with Gasteiger partial charge in [0.15, 0.2) is 22.3 Å². The summed E-state index contributed by atoms with van der Waals surface area (Å²) in [5.74, 6) is 1.42. The third-order valence-corrected chi connectivity index (χ3v) is 5.86. The second kappa shape index (κ2) is 6.96. The van der Waals surface area contributed by atoms with Crippen LogP contribution in [0.2, 0.25) is 0 Å². The highest BCUT2D eigenvalue weighted by Crippen LogP contribution is 2.35. The fourth-order valence-corrected chi connectivity index (χ4v) is 4.13. The van der Waals surface area contributed by atoms with Crippen molar-refractivity contribution in [1.82, 2.24) is 15.0 Å². The summed E-state index contributed by atoms with van der Waals surface area (Å²) in [6.45, 7) is 0.204. The van der Waals surface area contributed by atoms with E-state index < -0.39 is 0 Å². The van der Waals surface area contributed by atoms with Gasteiger partial charge < -0.3 is 19.7 Å². The molecule has 0 spiro atoms. The SMILES string of the molecule is CN(C)c1nc2ncnc(SCC(=O)Nc3ccc4c(c3)OCO4)c2s1. The molecule has 8 nitrogen and oxygen atoms in total. The standard InChI is InChI=1S/C16H15N5O3S2/c1-21(2)16-20-14-13(26-16)15(18-7-17-14)25-6-12(22)19-9-3-4-10-11(5-9)24-8-23-10/h3-5,7H,6,8H2,1-2H3,(H,19,22). The fraction of sp³-hybridized carbons (Fsp3) is 0.250. The molecule has 0 unspecified atom stereocenters. The summed E-state index contributed by atoms with van der Waals surface area (Å²) in [5, 5.41) is 4.46. The third kappa shape index (κ3) is 3.37. The Balaban J connectivity index is 1.43. The zero-order chi connectivity index (χ0) is 18.1. The number of thioether (sulfide) groups is 1. The van der Waals surface area contributed by atoms with E-state index in [4.69, 9.17) is 9.47 Å². The van der Waals surface area contributed by atoms with Crippen LogP contribution in [0.5, 0.6) is 11.5 Å². The van der Waals surface area contributed by atoms with Gasteiger partial charge >= 0.3 is 0 Å². The van der Waals surface area contributed by atoms with Crippen LogP contribution in [0.4, 0.5) is 10.8 Å². The quantitative estimate of drug-likeness (QED) is 0.526. The minimum Gasteiger partial charge on any atom is -0.454 e. The zero-order valence-electron chi connectivity index (χ0n) is 14.1. The number of amides is 1. The first-order chi connectivity index (χ1) is 12.6. The zero-order valence-corrected chi connectivity index (χ0v) is 15.7. The van der Waals surface area contributed by atoms with E-state index >= 15 is 0 Å². The van der Waals surface area contributed by atoms with Gasteiger partial charge in [0.1, 0.15) is 16.1 Å². The van der Waals surface area contributed by atoms with Crippen LogP contribution in [0.15, 0.2) is 29.6 Å². The Bertz CT molecular complexity index is 976. The van der Waals surface area contributed by atoms with Crippen LogP contribution in [-0.2, 0) is 4.79 Å². The van der Waals surface area contributed by atoms with Crippen molar-refractivity contribution in [2.75, 3.05) is 36.9 Å². The van der Waals surface area contributed by atoms with E-state index in [9.17, 15) is 4.79 Å². The van der Waals surface area contributed by atoms with Crippen molar-refractivity contribution in [3.63, 3.8) is 0 Å². The number of anilines is 2. The Morgan fingerprint density at radius 3 is 3.00 bits per heavy atom. The summed E-state index contributed by atoms with van der Waals surface area (Å²) in [6, 6.07) is 5.31. The van der Waals surface area contributed by atoms with E-state index in [2.05, 4.69) is 20.3 Å². The summed E-state index contributed by atoms with van der Waals surface area (Å²) < 4.78 is 11.5. The summed E-state index contributed by atoms with van der Waals surface area (Å²) in [5.41, 5.74) is 1.31. The van der Waals surface area contributed by atoms with Crippen molar-refractivity contribution in [2.24, 2.45) is 0 Å². The van der Waals surface area contributed by atoms with E-state index in [0.29, 0.717) is 22.8 Å². The molecule has 0 aliphatic carbocycles. The minimum atomic E-state index is -0.127. The molecule has 0 saturated carbocycles. The first kappa shape index (κ1) is 16.9. The maximum Gasteiger partial charge on any atom is 0.234 e. The van der Waals surface area contributed by atoms with Crippen molar-refractivity contribution < 1.29 is 14.3 Å². The molecule has 26 heavy (non-hydrogen) atoms. The number of nitrogens with one attached hydrogen (secondary N) is 1. The van der Waals surface area contributed by atoms with E-state index in [-0.39, 0.29) is 18.5 Å². The second-order valence-electron chi connectivity index (χ2n) is 5.63. The molecule has 1 aromatic carbocycles. The highest BCUT2D eigenvalue weighted by atomic mass is 32.2. The Kier molecular flexibility index (Phi) is 4.51. The topological polar surface area (TPSA) is 89.5 Å². The number of hydrogen-bond acceptors (Lipinski definition) is 9. The van der Waals surface area contributed by atoms with Gasteiger partial charge in [-0.25, -0.2) is 9.97 Å². The Morgan fingerprint density at radius 2 is 2.15 bits per heavy atom. The molecule has 0 atom stereocenters. The third-order valence-electron chi connectivity index (χ3n) is 3.53. The summed E-state index contributed by atoms with van der Waals surface area (Å²) in [7, 11) is 3.85. The molecule has 1 amide bonds. The molecule has 0 fully saturated rings. The lowest BCUT2D eigenvalue weighted by Gasteiger charge is -2.06. The van der Waals surface area contributed by atoms with E-state index in [0.717, 1.165) is 14.9 Å². The molecule has 134 valence electrons. The van der Waals surface area contributed by atoms with Crippen LogP contribution >= 0.6 is 23.1 Å². The molecular formula is C16H15N5O3S2. The number of aromatic nitrogens is 3. The number of thiazole rings is 1. The number of ether oxygens (including phenoxy) is 2. The van der Waals surface area contributed by atoms with E-state index in [1.807, 2.05) is 19.0 Å². The normalized spacial score (nSPS) is 12.4. The number of fused-ring (bicyclic) bond motifs is 2. The van der Waals surface area contributed by atoms with Crippen LogP contribution in [0.25, 0.3) is 10.3 Å². The molecule has 0 saturated heterocycles. The van der Waals surface area contributed by atoms with Gasteiger partial charge in [-0.15, -0.1) is 0 Å². The van der Waals surface area contributed by atoms with Crippen molar-refractivity contribution in [1.29, 1.82) is 0 Å². The van der Waals surface area contributed by atoms with E-state index in [1.54, 1.807) is 18.2 Å². The lowest BCUT2D eigenvalue weighted by atomic mass is 10.3. The summed E-state index contributed by atoms with van der Waals surface area (Å²) in [6.07, 6.45) is 1.47. The number of rotatable bonds is 5. The molecule has 1 N–H and O–H groups in total. The highest BCUT2D eigenvalue weighted by Gasteiger charge is 2.16. The highest BCUT2D eigenvalue weighted by molar-refractivity contribution is 8.00. The Morgan fingerprint density at radius 1 is 1.31 bits per heavy atom. The van der Waals surface area contributed by atoms with Gasteiger partial charge in [-0.3, -0.25) is 4.79 Å². The van der Waals surface area contributed by atoms with Gasteiger partial charge in [0, 0.05) is 25.8 Å². The first-order valence-corrected chi connectivity index (χ1v) is 9.51. The molecular weight excluding hydrogens is 374 g/mol. The Hall–Kier alpha value is -2.59. The van der Waals surface area contributed by atoms with Crippen LogP contribution in [0.1, 0.15) is 0 Å². The molecule has 4 rings (SSSR count). The van der Waals surface area contributed by atoms with Crippen molar-refractivity contribution in [3.05, 3.63) is 24.5 Å². The van der Waals surface area contributed by atoms with Gasteiger partial charge in [0.25, 0.3) is 0 Å². The molecule has 0 bridgehead atoms. The monoisotopic (exact) mass is 389 g/mol. The minimum absolute atomic E-state index is 0.127. The van der Waals surface area contributed by atoms with Crippen molar-refractivity contribution in [3.8, 4) is 11.5 Å². The van der Waals surface area contributed by atoms with Gasteiger partial charge in [-0.05, 0) is 12.1 Å². The second-order valence-corrected chi connectivity index (χ2v) is 7.57. The predicted molar refractivity (Wildman–Crippen MR) is 101 cm³/mol. The lowest BCUT2D eigenvalue weighted by Crippen LogP contribution is -2.14. The molecule has 3 aromatic rings. The van der Waals surface area contributed by atoms with Crippen molar-refractivity contribution in [2.45, 2.75) is 5.03 Å². The number of hydrogen-bond donors (Lipinski definition) is 1. The smallest absolute Gasteiger partial charge is 0.234 e. The van der Waals surface area contributed by atoms with Crippen LogP contribution in [0, 0.1) is 0 Å². The molecule has 1 aliphatic heterocycles. The summed E-state index contributed by atoms with van der Waals surface area (Å²) in [4.78, 5) is 27.1. The number of carbonyl (C=O) groups is 1. The molecule has 3 heterocycles. The van der Waals surface area contributed by atoms with E-state index in [1.165, 1.54) is 29.4 Å². The maximum atomic E-state index is 12.3. The largest absolute Gasteiger partial charge is 0.454 e. The van der Waals surface area contributed by atoms with Crippen molar-refractivity contribution >= 4 is 50.2 Å². The van der Waals surface area contributed by atoms with Gasteiger partial charge in [0.2, 0.25) is 12.7 Å². The number of carbonyl (C=O) groups excluding carboxylic acids is 1. The van der Waals surface area contributed by atoms with Crippen LogP contribution in [0.3, 0.4) is 0 Å². The van der Waals surface area contributed by atoms with Gasteiger partial charge in [-0.1, -0.05) is 23.1 Å². The van der Waals surface area contributed by atoms with Crippen LogP contribution < -0.4 is 19.7 Å². The number of nitrogens with zero attached hydrogens (tertiary/aromatic N) is 4. The average Bonchev–Trinajstić information content (AvgIpc) is 3.26. The van der Waals surface area contributed by atoms with Gasteiger partial charge in [0.05, 0.1) is 5.75 Å². The van der Waals surface area contributed by atoms with Crippen LogP contribution in [-0.4, -0.2) is 47.5 Å². The lowest BCUT2D eigenvalue weighted by molar-refractivity contribution is -0.113.